The lowest BCUT2D eigenvalue weighted by Gasteiger charge is -2.22. The van der Waals surface area contributed by atoms with Gasteiger partial charge in [-0.05, 0) is 13.8 Å². The molecule has 98 valence electrons. The molecule has 0 amide bonds. The number of carbonyl (C=O) groups excluding carboxylic acids is 1. The van der Waals surface area contributed by atoms with Crippen molar-refractivity contribution in [3.05, 3.63) is 0 Å². The molecule has 0 saturated carbocycles. The molecule has 0 unspecified atom stereocenters. The first-order valence-electron chi connectivity index (χ1n) is 5.71. The fourth-order valence-electron chi connectivity index (χ4n) is 2.12. The monoisotopic (exact) mass is 246 g/mol. The van der Waals surface area contributed by atoms with Crippen LogP contribution in [0.25, 0.3) is 0 Å². The van der Waals surface area contributed by atoms with E-state index < -0.39 is 30.4 Å². The van der Waals surface area contributed by atoms with E-state index in [4.69, 9.17) is 18.9 Å². The Kier molecular flexibility index (Phi) is 3.40. The van der Waals surface area contributed by atoms with Gasteiger partial charge in [-0.25, -0.2) is 0 Å². The van der Waals surface area contributed by atoms with E-state index in [9.17, 15) is 9.90 Å². The SMILES string of the molecule is CC(=O)OCC[C@H]1O[C@@H]2OC(C)(C)O[C@@H]2[C@@H]1O. The lowest BCUT2D eigenvalue weighted by molar-refractivity contribution is -0.216. The molecule has 0 radical (unpaired) electrons. The fourth-order valence-corrected chi connectivity index (χ4v) is 2.12. The van der Waals surface area contributed by atoms with Crippen LogP contribution in [0.3, 0.4) is 0 Å². The number of aliphatic hydroxyl groups is 1. The summed E-state index contributed by atoms with van der Waals surface area (Å²) in [5, 5.41) is 9.99. The normalized spacial score (nSPS) is 39.1. The van der Waals surface area contributed by atoms with Crippen LogP contribution in [0.2, 0.25) is 0 Å². The van der Waals surface area contributed by atoms with Gasteiger partial charge in [0.1, 0.15) is 12.2 Å². The number of aliphatic hydroxyl groups excluding tert-OH is 1. The summed E-state index contributed by atoms with van der Waals surface area (Å²) in [6.07, 6.45) is -1.74. The summed E-state index contributed by atoms with van der Waals surface area (Å²) in [6, 6.07) is 0. The Balaban J connectivity index is 1.83. The van der Waals surface area contributed by atoms with Crippen molar-refractivity contribution >= 4 is 5.97 Å². The molecule has 2 heterocycles. The molecule has 0 bridgehead atoms. The third-order valence-corrected chi connectivity index (χ3v) is 2.82. The molecule has 2 saturated heterocycles. The topological polar surface area (TPSA) is 74.2 Å². The number of hydrogen-bond acceptors (Lipinski definition) is 6. The van der Waals surface area contributed by atoms with Crippen LogP contribution in [0.5, 0.6) is 0 Å². The number of rotatable bonds is 3. The molecule has 2 rings (SSSR count). The van der Waals surface area contributed by atoms with Crippen LogP contribution in [0.4, 0.5) is 0 Å². The van der Waals surface area contributed by atoms with Gasteiger partial charge in [0.15, 0.2) is 12.1 Å². The van der Waals surface area contributed by atoms with Crippen molar-refractivity contribution < 1.29 is 28.8 Å². The summed E-state index contributed by atoms with van der Waals surface area (Å²) < 4.78 is 21.4. The predicted octanol–water partition coefficient (Wildman–Crippen LogP) is 0.177. The molecule has 0 spiro atoms. The van der Waals surface area contributed by atoms with Gasteiger partial charge in [0, 0.05) is 13.3 Å². The second-order valence-electron chi connectivity index (χ2n) is 4.76. The molecule has 2 aliphatic heterocycles. The van der Waals surface area contributed by atoms with Gasteiger partial charge in [-0.15, -0.1) is 0 Å². The Hall–Kier alpha value is -0.690. The van der Waals surface area contributed by atoms with Gasteiger partial charge < -0.3 is 24.1 Å². The molecule has 17 heavy (non-hydrogen) atoms. The molecular formula is C11H18O6. The van der Waals surface area contributed by atoms with Gasteiger partial charge in [-0.2, -0.15) is 0 Å². The highest BCUT2D eigenvalue weighted by Crippen LogP contribution is 2.38. The maximum atomic E-state index is 10.6. The van der Waals surface area contributed by atoms with Crippen LogP contribution in [0, 0.1) is 0 Å². The van der Waals surface area contributed by atoms with E-state index in [1.54, 1.807) is 13.8 Å². The minimum absolute atomic E-state index is 0.222. The van der Waals surface area contributed by atoms with Crippen molar-refractivity contribution in [2.45, 2.75) is 57.6 Å². The summed E-state index contributed by atoms with van der Waals surface area (Å²) in [5.74, 6) is -1.07. The molecule has 0 aromatic heterocycles. The van der Waals surface area contributed by atoms with Crippen LogP contribution in [-0.2, 0) is 23.7 Å². The van der Waals surface area contributed by atoms with E-state index in [1.165, 1.54) is 6.92 Å². The van der Waals surface area contributed by atoms with E-state index in [1.807, 2.05) is 0 Å². The minimum Gasteiger partial charge on any atom is -0.466 e. The smallest absolute Gasteiger partial charge is 0.302 e. The summed E-state index contributed by atoms with van der Waals surface area (Å²) >= 11 is 0. The first-order chi connectivity index (χ1) is 7.89. The fraction of sp³-hybridized carbons (Fsp3) is 0.909. The standard InChI is InChI=1S/C11H18O6/c1-6(12)14-5-4-7-8(13)9-10(15-7)17-11(2,3)16-9/h7-10,13H,4-5H2,1-3H3/t7-,8-,9-,10-/m1/s1. The van der Waals surface area contributed by atoms with Gasteiger partial charge in [0.25, 0.3) is 0 Å². The van der Waals surface area contributed by atoms with E-state index in [-0.39, 0.29) is 12.6 Å². The van der Waals surface area contributed by atoms with Crippen molar-refractivity contribution in [3.8, 4) is 0 Å². The van der Waals surface area contributed by atoms with Crippen LogP contribution < -0.4 is 0 Å². The quantitative estimate of drug-likeness (QED) is 0.716. The van der Waals surface area contributed by atoms with E-state index in [2.05, 4.69) is 0 Å². The molecular weight excluding hydrogens is 228 g/mol. The zero-order chi connectivity index (χ0) is 12.6. The van der Waals surface area contributed by atoms with Crippen molar-refractivity contribution in [3.63, 3.8) is 0 Å². The molecule has 6 heteroatoms. The third kappa shape index (κ3) is 2.77. The summed E-state index contributed by atoms with van der Waals surface area (Å²) in [6.45, 7) is 5.11. The second-order valence-corrected chi connectivity index (χ2v) is 4.76. The molecule has 6 nitrogen and oxygen atoms in total. The van der Waals surface area contributed by atoms with Crippen LogP contribution >= 0.6 is 0 Å². The van der Waals surface area contributed by atoms with Crippen molar-refractivity contribution in [1.82, 2.24) is 0 Å². The lowest BCUT2D eigenvalue weighted by atomic mass is 10.1. The largest absolute Gasteiger partial charge is 0.466 e. The molecule has 1 N–H and O–H groups in total. The van der Waals surface area contributed by atoms with Gasteiger partial charge in [0.05, 0.1) is 12.7 Å². The number of hydrogen-bond donors (Lipinski definition) is 1. The van der Waals surface area contributed by atoms with Gasteiger partial charge in [0.2, 0.25) is 0 Å². The maximum Gasteiger partial charge on any atom is 0.302 e. The molecule has 0 aromatic rings. The zero-order valence-electron chi connectivity index (χ0n) is 10.2. The summed E-state index contributed by atoms with van der Waals surface area (Å²) in [5.41, 5.74) is 0. The van der Waals surface area contributed by atoms with E-state index in [0.717, 1.165) is 0 Å². The number of esters is 1. The highest BCUT2D eigenvalue weighted by atomic mass is 16.8. The van der Waals surface area contributed by atoms with Crippen LogP contribution in [-0.4, -0.2) is 48.1 Å². The maximum absolute atomic E-state index is 10.6. The van der Waals surface area contributed by atoms with Crippen LogP contribution in [0.1, 0.15) is 27.2 Å². The molecule has 2 fully saturated rings. The number of carbonyl (C=O) groups is 1. The Morgan fingerprint density at radius 2 is 2.12 bits per heavy atom. The highest BCUT2D eigenvalue weighted by Gasteiger charge is 2.53. The first kappa shape index (κ1) is 12.8. The van der Waals surface area contributed by atoms with Crippen molar-refractivity contribution in [1.29, 1.82) is 0 Å². The predicted molar refractivity (Wildman–Crippen MR) is 56.0 cm³/mol. The summed E-state index contributed by atoms with van der Waals surface area (Å²) in [7, 11) is 0. The third-order valence-electron chi connectivity index (χ3n) is 2.82. The van der Waals surface area contributed by atoms with Gasteiger partial charge in [-0.3, -0.25) is 4.79 Å². The van der Waals surface area contributed by atoms with Gasteiger partial charge >= 0.3 is 5.97 Å². The molecule has 0 aliphatic carbocycles. The Morgan fingerprint density at radius 3 is 2.71 bits per heavy atom. The van der Waals surface area contributed by atoms with Gasteiger partial charge in [-0.1, -0.05) is 0 Å². The molecule has 0 aromatic carbocycles. The first-order valence-corrected chi connectivity index (χ1v) is 5.71. The highest BCUT2D eigenvalue weighted by molar-refractivity contribution is 5.65. The zero-order valence-corrected chi connectivity index (χ0v) is 10.2. The Labute approximate surface area is 99.8 Å². The second kappa shape index (κ2) is 4.53. The molecule has 2 aliphatic rings. The Bertz CT molecular complexity index is 302. The van der Waals surface area contributed by atoms with Crippen molar-refractivity contribution in [2.75, 3.05) is 6.61 Å². The minimum atomic E-state index is -0.752. The average Bonchev–Trinajstić information content (AvgIpc) is 2.62. The van der Waals surface area contributed by atoms with E-state index in [0.29, 0.717) is 6.42 Å². The van der Waals surface area contributed by atoms with E-state index >= 15 is 0 Å². The number of ether oxygens (including phenoxy) is 4. The van der Waals surface area contributed by atoms with Crippen LogP contribution in [0.15, 0.2) is 0 Å². The Morgan fingerprint density at radius 1 is 1.41 bits per heavy atom. The number of fused-ring (bicyclic) bond motifs is 1. The van der Waals surface area contributed by atoms with Crippen molar-refractivity contribution in [2.24, 2.45) is 0 Å². The average molecular weight is 246 g/mol. The summed E-state index contributed by atoms with van der Waals surface area (Å²) in [4.78, 5) is 10.6. The molecule has 4 atom stereocenters. The lowest BCUT2D eigenvalue weighted by Crippen LogP contribution is -2.35.